The van der Waals surface area contributed by atoms with Gasteiger partial charge in [0.25, 0.3) is 5.56 Å². The van der Waals surface area contributed by atoms with E-state index < -0.39 is 0 Å². The number of nitrogens with one attached hydrogen (secondary N) is 1. The predicted octanol–water partition coefficient (Wildman–Crippen LogP) is 4.69. The lowest BCUT2D eigenvalue weighted by molar-refractivity contribution is 0.901. The van der Waals surface area contributed by atoms with Crippen molar-refractivity contribution in [1.29, 1.82) is 0 Å². The lowest BCUT2D eigenvalue weighted by Crippen LogP contribution is -2.05. The van der Waals surface area contributed by atoms with Gasteiger partial charge in [-0.3, -0.25) is 4.79 Å². The van der Waals surface area contributed by atoms with E-state index in [0.29, 0.717) is 21.2 Å². The molecule has 0 saturated carbocycles. The van der Waals surface area contributed by atoms with Crippen LogP contribution in [0.5, 0.6) is 0 Å². The van der Waals surface area contributed by atoms with Gasteiger partial charge in [0, 0.05) is 22.2 Å². The van der Waals surface area contributed by atoms with Crippen LogP contribution in [0.3, 0.4) is 0 Å². The second-order valence-electron chi connectivity index (χ2n) is 5.29. The van der Waals surface area contributed by atoms with Crippen molar-refractivity contribution >= 4 is 34.1 Å². The Balaban J connectivity index is 2.12. The maximum Gasteiger partial charge on any atom is 0.276 e. The first-order valence-electron chi connectivity index (χ1n) is 7.26. The summed E-state index contributed by atoms with van der Waals surface area (Å²) >= 11 is 12.3. The second kappa shape index (κ2) is 5.82. The third-order valence-corrected chi connectivity index (χ3v) is 4.37. The number of para-hydroxylation sites is 1. The zero-order chi connectivity index (χ0) is 16.7. The van der Waals surface area contributed by atoms with Crippen molar-refractivity contribution in [3.63, 3.8) is 0 Å². The molecule has 2 aromatic carbocycles. The van der Waals surface area contributed by atoms with Crippen LogP contribution >= 0.6 is 23.2 Å². The largest absolute Gasteiger partial charge is 0.327 e. The fraction of sp³-hybridized carbons (Fsp3) is 0. The van der Waals surface area contributed by atoms with Crippen LogP contribution in [0.2, 0.25) is 10.0 Å². The highest BCUT2D eigenvalue weighted by Gasteiger charge is 2.17. The zero-order valence-corrected chi connectivity index (χ0v) is 13.8. The highest BCUT2D eigenvalue weighted by Crippen LogP contribution is 2.32. The third-order valence-electron chi connectivity index (χ3n) is 3.80. The van der Waals surface area contributed by atoms with Crippen LogP contribution in [-0.4, -0.2) is 14.8 Å². The third kappa shape index (κ3) is 2.40. The molecule has 0 saturated heterocycles. The fourth-order valence-corrected chi connectivity index (χ4v) is 3.05. The number of pyridine rings is 1. The van der Waals surface area contributed by atoms with E-state index in [2.05, 4.69) is 10.1 Å². The smallest absolute Gasteiger partial charge is 0.276 e. The van der Waals surface area contributed by atoms with E-state index in [1.807, 2.05) is 36.4 Å². The second-order valence-corrected chi connectivity index (χ2v) is 6.13. The molecule has 0 unspecified atom stereocenters. The maximum absolute atomic E-state index is 12.2. The van der Waals surface area contributed by atoms with E-state index in [4.69, 9.17) is 23.2 Å². The number of hydrogen-bond acceptors (Lipinski definition) is 2. The summed E-state index contributed by atoms with van der Waals surface area (Å²) in [6.07, 6.45) is 1.61. The molecule has 24 heavy (non-hydrogen) atoms. The average Bonchev–Trinajstić information content (AvgIpc) is 2.97. The van der Waals surface area contributed by atoms with Crippen LogP contribution in [0, 0.1) is 0 Å². The van der Waals surface area contributed by atoms with Gasteiger partial charge in [-0.1, -0.05) is 47.5 Å². The Bertz CT molecular complexity index is 1100. The van der Waals surface area contributed by atoms with Crippen LogP contribution in [0.1, 0.15) is 0 Å². The van der Waals surface area contributed by atoms with Crippen LogP contribution < -0.4 is 5.56 Å². The number of halogens is 2. The molecule has 0 spiro atoms. The Morgan fingerprint density at radius 1 is 0.958 bits per heavy atom. The van der Waals surface area contributed by atoms with Gasteiger partial charge in [0.15, 0.2) is 5.52 Å². The number of aromatic nitrogens is 3. The number of H-pyrrole nitrogens is 1. The van der Waals surface area contributed by atoms with E-state index in [9.17, 15) is 4.79 Å². The quantitative estimate of drug-likeness (QED) is 0.567. The molecule has 0 fully saturated rings. The Kier molecular flexibility index (Phi) is 3.63. The Morgan fingerprint density at radius 3 is 2.46 bits per heavy atom. The minimum absolute atomic E-state index is 0.242. The first kappa shape index (κ1) is 15.0. The van der Waals surface area contributed by atoms with E-state index in [-0.39, 0.29) is 5.56 Å². The van der Waals surface area contributed by atoms with Crippen LogP contribution in [-0.2, 0) is 0 Å². The number of benzene rings is 2. The van der Waals surface area contributed by atoms with Crippen molar-refractivity contribution in [2.75, 3.05) is 0 Å². The minimum atomic E-state index is -0.242. The number of aromatic amines is 1. The Hall–Kier alpha value is -2.56. The average molecular weight is 356 g/mol. The standard InChI is InChI=1S/C18H11Cl2N3O/c19-12-7-5-11(6-8-12)17-13-9-10-21-18(24)16(13)22-23(17)15-4-2-1-3-14(15)20/h1-10H,(H,21,24). The van der Waals surface area contributed by atoms with Gasteiger partial charge in [-0.2, -0.15) is 5.10 Å². The molecule has 4 nitrogen and oxygen atoms in total. The van der Waals surface area contributed by atoms with Gasteiger partial charge in [-0.25, -0.2) is 4.68 Å². The fourth-order valence-electron chi connectivity index (χ4n) is 2.71. The molecule has 6 heteroatoms. The van der Waals surface area contributed by atoms with Gasteiger partial charge < -0.3 is 4.98 Å². The Morgan fingerprint density at radius 2 is 1.71 bits per heavy atom. The summed E-state index contributed by atoms with van der Waals surface area (Å²) in [5.41, 5.74) is 2.52. The van der Waals surface area contributed by atoms with Gasteiger partial charge in [0.2, 0.25) is 0 Å². The summed E-state index contributed by atoms with van der Waals surface area (Å²) in [7, 11) is 0. The van der Waals surface area contributed by atoms with Crippen molar-refractivity contribution < 1.29 is 0 Å². The highest BCUT2D eigenvalue weighted by molar-refractivity contribution is 6.32. The summed E-state index contributed by atoms with van der Waals surface area (Å²) in [6.45, 7) is 0. The van der Waals surface area contributed by atoms with Gasteiger partial charge in [-0.15, -0.1) is 0 Å². The lowest BCUT2D eigenvalue weighted by Gasteiger charge is -2.10. The van der Waals surface area contributed by atoms with Crippen molar-refractivity contribution in [2.24, 2.45) is 0 Å². The van der Waals surface area contributed by atoms with Crippen molar-refractivity contribution in [1.82, 2.24) is 14.8 Å². The lowest BCUT2D eigenvalue weighted by atomic mass is 10.1. The van der Waals surface area contributed by atoms with E-state index in [1.54, 1.807) is 29.1 Å². The molecular formula is C18H11Cl2N3O. The Labute approximate surface area is 147 Å². The molecule has 2 heterocycles. The van der Waals surface area contributed by atoms with E-state index in [1.165, 1.54) is 0 Å². The number of hydrogen-bond donors (Lipinski definition) is 1. The summed E-state index contributed by atoms with van der Waals surface area (Å²) < 4.78 is 1.70. The SMILES string of the molecule is O=c1[nH]ccc2c(-c3ccc(Cl)cc3)n(-c3ccccc3Cl)nc12. The molecular weight excluding hydrogens is 345 g/mol. The van der Waals surface area contributed by atoms with Gasteiger partial charge in [0.05, 0.1) is 16.4 Å². The number of rotatable bonds is 2. The number of nitrogens with zero attached hydrogens (tertiary/aromatic N) is 2. The highest BCUT2D eigenvalue weighted by atomic mass is 35.5. The van der Waals surface area contributed by atoms with Gasteiger partial charge in [0.1, 0.15) is 0 Å². The maximum atomic E-state index is 12.2. The predicted molar refractivity (Wildman–Crippen MR) is 97.1 cm³/mol. The first-order valence-corrected chi connectivity index (χ1v) is 8.02. The summed E-state index contributed by atoms with van der Waals surface area (Å²) in [6, 6.07) is 16.6. The minimum Gasteiger partial charge on any atom is -0.327 e. The number of fused-ring (bicyclic) bond motifs is 1. The monoisotopic (exact) mass is 355 g/mol. The van der Waals surface area contributed by atoms with Crippen molar-refractivity contribution in [3.8, 4) is 16.9 Å². The molecule has 118 valence electrons. The normalized spacial score (nSPS) is 11.1. The molecule has 0 bridgehead atoms. The summed E-state index contributed by atoms with van der Waals surface area (Å²) in [5.74, 6) is 0. The van der Waals surface area contributed by atoms with E-state index in [0.717, 1.165) is 16.6 Å². The molecule has 0 amide bonds. The van der Waals surface area contributed by atoms with Crippen LogP contribution in [0.25, 0.3) is 27.8 Å². The molecule has 0 aliphatic rings. The van der Waals surface area contributed by atoms with Gasteiger partial charge >= 0.3 is 0 Å². The van der Waals surface area contributed by atoms with Crippen LogP contribution in [0.15, 0.2) is 65.6 Å². The summed E-state index contributed by atoms with van der Waals surface area (Å²) in [5, 5.41) is 6.44. The summed E-state index contributed by atoms with van der Waals surface area (Å²) in [4.78, 5) is 14.8. The first-order chi connectivity index (χ1) is 11.6. The van der Waals surface area contributed by atoms with Crippen molar-refractivity contribution in [3.05, 3.63) is 81.2 Å². The zero-order valence-electron chi connectivity index (χ0n) is 12.3. The molecule has 0 aliphatic carbocycles. The van der Waals surface area contributed by atoms with Gasteiger partial charge in [-0.05, 0) is 30.3 Å². The topological polar surface area (TPSA) is 50.7 Å². The van der Waals surface area contributed by atoms with Crippen LogP contribution in [0.4, 0.5) is 0 Å². The molecule has 1 N–H and O–H groups in total. The molecule has 0 radical (unpaired) electrons. The molecule has 0 aliphatic heterocycles. The molecule has 4 rings (SSSR count). The molecule has 4 aromatic rings. The molecule has 2 aromatic heterocycles. The van der Waals surface area contributed by atoms with E-state index >= 15 is 0 Å². The molecule has 0 atom stereocenters. The van der Waals surface area contributed by atoms with Crippen molar-refractivity contribution in [2.45, 2.75) is 0 Å².